The molecular formula is C20H21FN4O2. The van der Waals surface area contributed by atoms with E-state index in [-0.39, 0.29) is 17.6 Å². The molecule has 7 heteroatoms. The minimum absolute atomic E-state index is 0.0931. The molecular weight excluding hydrogens is 347 g/mol. The Morgan fingerprint density at radius 2 is 1.67 bits per heavy atom. The number of amides is 2. The van der Waals surface area contributed by atoms with Crippen molar-refractivity contribution < 1.29 is 14.0 Å². The molecule has 2 aliphatic heterocycles. The molecule has 2 aliphatic rings. The first-order valence-electron chi connectivity index (χ1n) is 9.21. The summed E-state index contributed by atoms with van der Waals surface area (Å²) in [6.45, 7) is 1.73. The molecule has 1 spiro atoms. The normalized spacial score (nSPS) is 19.4. The van der Waals surface area contributed by atoms with Crippen LogP contribution in [-0.2, 0) is 4.79 Å². The molecule has 0 bridgehead atoms. The summed E-state index contributed by atoms with van der Waals surface area (Å²) in [4.78, 5) is 37.2. The van der Waals surface area contributed by atoms with Crippen molar-refractivity contribution in [2.75, 3.05) is 24.5 Å². The number of nitrogens with zero attached hydrogens (tertiary/aromatic N) is 4. The number of carbonyl (C=O) groups is 2. The van der Waals surface area contributed by atoms with E-state index in [1.807, 2.05) is 0 Å². The molecule has 2 amide bonds. The second kappa shape index (κ2) is 7.06. The van der Waals surface area contributed by atoms with E-state index in [0.29, 0.717) is 38.0 Å². The van der Waals surface area contributed by atoms with Crippen molar-refractivity contribution in [1.82, 2.24) is 14.9 Å². The molecule has 1 aromatic carbocycles. The Hall–Kier alpha value is -2.83. The van der Waals surface area contributed by atoms with Crippen molar-refractivity contribution in [2.45, 2.75) is 25.7 Å². The predicted octanol–water partition coefficient (Wildman–Crippen LogP) is 2.67. The van der Waals surface area contributed by atoms with Crippen LogP contribution in [0.25, 0.3) is 0 Å². The molecule has 2 aromatic rings. The SMILES string of the molecule is O=C(c1cncnc1)N1CCC2(CCCN(c3ccc(F)cc3)C2=O)CC1. The highest BCUT2D eigenvalue weighted by atomic mass is 19.1. The van der Waals surface area contributed by atoms with Gasteiger partial charge in [-0.2, -0.15) is 0 Å². The van der Waals surface area contributed by atoms with Crippen molar-refractivity contribution in [3.05, 3.63) is 54.4 Å². The van der Waals surface area contributed by atoms with E-state index < -0.39 is 5.41 Å². The van der Waals surface area contributed by atoms with Crippen LogP contribution in [0.15, 0.2) is 43.0 Å². The predicted molar refractivity (Wildman–Crippen MR) is 97.6 cm³/mol. The molecule has 2 saturated heterocycles. The van der Waals surface area contributed by atoms with E-state index in [1.54, 1.807) is 21.9 Å². The van der Waals surface area contributed by atoms with Crippen LogP contribution < -0.4 is 4.90 Å². The average molecular weight is 368 g/mol. The molecule has 0 N–H and O–H groups in total. The molecule has 0 saturated carbocycles. The zero-order valence-corrected chi connectivity index (χ0v) is 15.0. The number of aromatic nitrogens is 2. The van der Waals surface area contributed by atoms with Crippen LogP contribution in [0.4, 0.5) is 10.1 Å². The molecule has 3 heterocycles. The first-order valence-corrected chi connectivity index (χ1v) is 9.21. The largest absolute Gasteiger partial charge is 0.338 e. The van der Waals surface area contributed by atoms with Gasteiger partial charge < -0.3 is 9.80 Å². The lowest BCUT2D eigenvalue weighted by molar-refractivity contribution is -0.133. The third kappa shape index (κ3) is 3.29. The van der Waals surface area contributed by atoms with E-state index in [2.05, 4.69) is 9.97 Å². The van der Waals surface area contributed by atoms with Gasteiger partial charge in [-0.3, -0.25) is 9.59 Å². The van der Waals surface area contributed by atoms with Crippen molar-refractivity contribution in [3.8, 4) is 0 Å². The van der Waals surface area contributed by atoms with Crippen LogP contribution >= 0.6 is 0 Å². The molecule has 0 atom stereocenters. The van der Waals surface area contributed by atoms with Crippen LogP contribution in [0.3, 0.4) is 0 Å². The third-order valence-electron chi connectivity index (χ3n) is 5.69. The zero-order valence-electron chi connectivity index (χ0n) is 15.0. The molecule has 2 fully saturated rings. The van der Waals surface area contributed by atoms with Crippen molar-refractivity contribution in [3.63, 3.8) is 0 Å². The lowest BCUT2D eigenvalue weighted by Crippen LogP contribution is -2.54. The van der Waals surface area contributed by atoms with Gasteiger partial charge in [0.2, 0.25) is 5.91 Å². The lowest BCUT2D eigenvalue weighted by Gasteiger charge is -2.46. The number of benzene rings is 1. The Bertz CT molecular complexity index is 833. The van der Waals surface area contributed by atoms with E-state index in [1.165, 1.54) is 30.9 Å². The van der Waals surface area contributed by atoms with Crippen LogP contribution in [-0.4, -0.2) is 46.3 Å². The minimum atomic E-state index is -0.434. The number of piperidine rings is 2. The van der Waals surface area contributed by atoms with Crippen LogP contribution in [0.5, 0.6) is 0 Å². The third-order valence-corrected chi connectivity index (χ3v) is 5.69. The quantitative estimate of drug-likeness (QED) is 0.817. The molecule has 0 aliphatic carbocycles. The number of carbonyl (C=O) groups excluding carboxylic acids is 2. The van der Waals surface area contributed by atoms with E-state index in [9.17, 15) is 14.0 Å². The maximum atomic E-state index is 13.2. The van der Waals surface area contributed by atoms with Gasteiger partial charge in [-0.05, 0) is 49.9 Å². The number of anilines is 1. The molecule has 0 radical (unpaired) electrons. The number of rotatable bonds is 2. The lowest BCUT2D eigenvalue weighted by atomic mass is 9.71. The van der Waals surface area contributed by atoms with E-state index in [4.69, 9.17) is 0 Å². The number of halogens is 1. The van der Waals surface area contributed by atoms with Crippen molar-refractivity contribution >= 4 is 17.5 Å². The fourth-order valence-corrected chi connectivity index (χ4v) is 4.13. The Kier molecular flexibility index (Phi) is 4.59. The van der Waals surface area contributed by atoms with Gasteiger partial charge in [0.05, 0.1) is 11.0 Å². The highest BCUT2D eigenvalue weighted by Crippen LogP contribution is 2.42. The summed E-state index contributed by atoms with van der Waals surface area (Å²) in [5, 5.41) is 0. The van der Waals surface area contributed by atoms with E-state index >= 15 is 0 Å². The topological polar surface area (TPSA) is 66.4 Å². The fraction of sp³-hybridized carbons (Fsp3) is 0.400. The number of hydrogen-bond donors (Lipinski definition) is 0. The fourth-order valence-electron chi connectivity index (χ4n) is 4.13. The number of hydrogen-bond acceptors (Lipinski definition) is 4. The first-order chi connectivity index (χ1) is 13.1. The van der Waals surface area contributed by atoms with Crippen LogP contribution in [0, 0.1) is 11.2 Å². The second-order valence-electron chi connectivity index (χ2n) is 7.24. The van der Waals surface area contributed by atoms with Gasteiger partial charge in [-0.25, -0.2) is 14.4 Å². The molecule has 27 heavy (non-hydrogen) atoms. The molecule has 4 rings (SSSR count). The van der Waals surface area contributed by atoms with Gasteiger partial charge in [-0.1, -0.05) is 0 Å². The summed E-state index contributed by atoms with van der Waals surface area (Å²) in [5.41, 5.74) is 0.771. The van der Waals surface area contributed by atoms with Gasteiger partial charge in [0, 0.05) is 37.7 Å². The van der Waals surface area contributed by atoms with Gasteiger partial charge in [-0.15, -0.1) is 0 Å². The molecule has 6 nitrogen and oxygen atoms in total. The second-order valence-corrected chi connectivity index (χ2v) is 7.24. The zero-order chi connectivity index (χ0) is 18.9. The smallest absolute Gasteiger partial charge is 0.256 e. The summed E-state index contributed by atoms with van der Waals surface area (Å²) < 4.78 is 13.2. The van der Waals surface area contributed by atoms with Crippen LogP contribution in [0.1, 0.15) is 36.0 Å². The standard InChI is InChI=1S/C20H21FN4O2/c21-16-2-4-17(5-3-16)25-9-1-6-20(19(25)27)7-10-24(11-8-20)18(26)15-12-22-14-23-13-15/h2-5,12-14H,1,6-11H2. The van der Waals surface area contributed by atoms with Gasteiger partial charge in [0.15, 0.2) is 0 Å². The Labute approximate surface area is 157 Å². The molecule has 140 valence electrons. The van der Waals surface area contributed by atoms with Crippen LogP contribution in [0.2, 0.25) is 0 Å². The highest BCUT2D eigenvalue weighted by Gasteiger charge is 2.46. The maximum Gasteiger partial charge on any atom is 0.256 e. The van der Waals surface area contributed by atoms with Crippen molar-refractivity contribution in [1.29, 1.82) is 0 Å². The Morgan fingerprint density at radius 1 is 1.00 bits per heavy atom. The Morgan fingerprint density at radius 3 is 2.33 bits per heavy atom. The Balaban J connectivity index is 1.47. The summed E-state index contributed by atoms with van der Waals surface area (Å²) >= 11 is 0. The van der Waals surface area contributed by atoms with Gasteiger partial charge in [0.1, 0.15) is 12.1 Å². The molecule has 1 aromatic heterocycles. The summed E-state index contributed by atoms with van der Waals surface area (Å²) in [7, 11) is 0. The summed E-state index contributed by atoms with van der Waals surface area (Å²) in [5.74, 6) is -0.311. The van der Waals surface area contributed by atoms with Gasteiger partial charge >= 0.3 is 0 Å². The van der Waals surface area contributed by atoms with Crippen molar-refractivity contribution in [2.24, 2.45) is 5.41 Å². The average Bonchev–Trinajstić information content (AvgIpc) is 2.72. The monoisotopic (exact) mass is 368 g/mol. The van der Waals surface area contributed by atoms with E-state index in [0.717, 1.165) is 18.5 Å². The molecule has 0 unspecified atom stereocenters. The summed E-state index contributed by atoms with van der Waals surface area (Å²) in [6, 6.07) is 6.07. The minimum Gasteiger partial charge on any atom is -0.338 e. The highest BCUT2D eigenvalue weighted by molar-refractivity contribution is 5.99. The van der Waals surface area contributed by atoms with Gasteiger partial charge in [0.25, 0.3) is 5.91 Å². The maximum absolute atomic E-state index is 13.2. The summed E-state index contributed by atoms with van der Waals surface area (Å²) in [6.07, 6.45) is 7.45. The number of likely N-dealkylation sites (tertiary alicyclic amines) is 1. The first kappa shape index (κ1) is 17.6.